The number of hydrogen-bond donors (Lipinski definition) is 1. The van der Waals surface area contributed by atoms with Gasteiger partial charge in [0.05, 0.1) is 10.6 Å². The number of H-pyrrole nitrogens is 1. The van der Waals surface area contributed by atoms with Gasteiger partial charge in [-0.25, -0.2) is 8.42 Å². The van der Waals surface area contributed by atoms with Crippen molar-refractivity contribution in [1.82, 2.24) is 9.29 Å². The molecule has 2 aromatic rings. The zero-order chi connectivity index (χ0) is 22.9. The summed E-state index contributed by atoms with van der Waals surface area (Å²) in [5, 5.41) is 0. The lowest BCUT2D eigenvalue weighted by Crippen LogP contribution is -2.41. The van der Waals surface area contributed by atoms with E-state index >= 15 is 0 Å². The maximum absolute atomic E-state index is 13.0. The Bertz CT molecular complexity index is 1130. The van der Waals surface area contributed by atoms with E-state index in [0.29, 0.717) is 29.7 Å². The molecular weight excluding hydrogens is 420 g/mol. The van der Waals surface area contributed by atoms with Crippen molar-refractivity contribution in [2.45, 2.75) is 51.5 Å². The normalized spacial score (nSPS) is 17.0. The van der Waals surface area contributed by atoms with E-state index in [1.807, 2.05) is 6.92 Å². The van der Waals surface area contributed by atoms with Gasteiger partial charge in [-0.2, -0.15) is 4.31 Å². The number of sulfonamides is 1. The number of nitrogens with one attached hydrogen (secondary N) is 1. The number of Topliss-reactive ketones (excluding diaryl/α,β-unsaturated/α-hetero) is 2. The zero-order valence-electron chi connectivity index (χ0n) is 18.0. The Balaban J connectivity index is 1.71. The van der Waals surface area contributed by atoms with Crippen LogP contribution in [0.4, 0.5) is 0 Å². The maximum Gasteiger partial charge on any atom is 0.324 e. The van der Waals surface area contributed by atoms with E-state index in [1.165, 1.54) is 19.1 Å². The molecule has 0 unspecified atom stereocenters. The van der Waals surface area contributed by atoms with Crippen molar-refractivity contribution in [2.24, 2.45) is 0 Å². The van der Waals surface area contributed by atoms with Crippen molar-refractivity contribution in [3.05, 3.63) is 52.3 Å². The SMILES string of the molecule is CC(=O)c1c(C)[nH]c(C(=O)COC(=O)[C@@H]2CCCN2S(=O)(=O)c2ccc(C)cc2)c1C. The fourth-order valence-electron chi connectivity index (χ4n) is 3.97. The fraction of sp³-hybridized carbons (Fsp3) is 0.409. The third-order valence-corrected chi connectivity index (χ3v) is 7.44. The summed E-state index contributed by atoms with van der Waals surface area (Å²) in [4.78, 5) is 39.9. The molecule has 0 saturated carbocycles. The number of carbonyl (C=O) groups excluding carboxylic acids is 3. The van der Waals surface area contributed by atoms with Crippen LogP contribution in [0.25, 0.3) is 0 Å². The van der Waals surface area contributed by atoms with Crippen molar-refractivity contribution in [3.8, 4) is 0 Å². The number of aryl methyl sites for hydroxylation is 2. The van der Waals surface area contributed by atoms with Crippen LogP contribution in [0, 0.1) is 20.8 Å². The highest BCUT2D eigenvalue weighted by Crippen LogP contribution is 2.27. The summed E-state index contributed by atoms with van der Waals surface area (Å²) in [6, 6.07) is 5.45. The summed E-state index contributed by atoms with van der Waals surface area (Å²) >= 11 is 0. The van der Waals surface area contributed by atoms with E-state index in [2.05, 4.69) is 4.98 Å². The average Bonchev–Trinajstić information content (AvgIpc) is 3.31. The number of aromatic nitrogens is 1. The minimum absolute atomic E-state index is 0.114. The largest absolute Gasteiger partial charge is 0.456 e. The van der Waals surface area contributed by atoms with Crippen molar-refractivity contribution in [3.63, 3.8) is 0 Å². The van der Waals surface area contributed by atoms with Gasteiger partial charge in [-0.1, -0.05) is 17.7 Å². The van der Waals surface area contributed by atoms with Gasteiger partial charge in [-0.15, -0.1) is 0 Å². The maximum atomic E-state index is 13.0. The molecule has 1 aliphatic rings. The topological polar surface area (TPSA) is 114 Å². The number of hydrogen-bond acceptors (Lipinski definition) is 6. The Hall–Kier alpha value is -2.78. The van der Waals surface area contributed by atoms with Gasteiger partial charge in [0.1, 0.15) is 6.04 Å². The highest BCUT2D eigenvalue weighted by Gasteiger charge is 2.40. The Morgan fingerprint density at radius 1 is 1.13 bits per heavy atom. The molecule has 8 nitrogen and oxygen atoms in total. The standard InChI is InChI=1S/C22H26N2O6S/c1-13-7-9-17(10-8-13)31(28,29)24-11-5-6-18(24)22(27)30-12-19(26)21-14(2)20(16(4)25)15(3)23-21/h7-10,18,23H,5-6,11-12H2,1-4H3/t18-/m0/s1. The molecule has 1 saturated heterocycles. The molecule has 1 fully saturated rings. The molecule has 1 aliphatic heterocycles. The van der Waals surface area contributed by atoms with Crippen LogP contribution in [0.15, 0.2) is 29.2 Å². The fourth-order valence-corrected chi connectivity index (χ4v) is 5.62. The van der Waals surface area contributed by atoms with Gasteiger partial charge in [0.2, 0.25) is 15.8 Å². The van der Waals surface area contributed by atoms with Gasteiger partial charge in [-0.3, -0.25) is 14.4 Å². The van der Waals surface area contributed by atoms with Crippen LogP contribution in [0.5, 0.6) is 0 Å². The first-order valence-corrected chi connectivity index (χ1v) is 11.5. The smallest absolute Gasteiger partial charge is 0.324 e. The van der Waals surface area contributed by atoms with Gasteiger partial charge < -0.3 is 9.72 Å². The van der Waals surface area contributed by atoms with Crippen LogP contribution in [0.3, 0.4) is 0 Å². The molecule has 9 heteroatoms. The third kappa shape index (κ3) is 4.47. The van der Waals surface area contributed by atoms with Crippen molar-refractivity contribution in [2.75, 3.05) is 13.2 Å². The van der Waals surface area contributed by atoms with Crippen molar-refractivity contribution < 1.29 is 27.5 Å². The van der Waals surface area contributed by atoms with Crippen LogP contribution in [-0.2, 0) is 19.6 Å². The molecule has 166 valence electrons. The van der Waals surface area contributed by atoms with Crippen LogP contribution in [0.1, 0.15) is 57.4 Å². The lowest BCUT2D eigenvalue weighted by molar-refractivity contribution is -0.146. The van der Waals surface area contributed by atoms with Crippen LogP contribution < -0.4 is 0 Å². The molecule has 3 rings (SSSR count). The number of esters is 1. The zero-order valence-corrected chi connectivity index (χ0v) is 18.8. The first-order chi connectivity index (χ1) is 14.5. The molecule has 0 amide bonds. The monoisotopic (exact) mass is 446 g/mol. The quantitative estimate of drug-likeness (QED) is 0.517. The summed E-state index contributed by atoms with van der Waals surface area (Å²) in [5.41, 5.74) is 2.67. The first kappa shape index (κ1) is 22.9. The molecule has 0 bridgehead atoms. The third-order valence-electron chi connectivity index (χ3n) is 5.52. The Labute approximate surface area is 181 Å². The number of ketones is 2. The lowest BCUT2D eigenvalue weighted by atomic mass is 10.1. The van der Waals surface area contributed by atoms with Gasteiger partial charge >= 0.3 is 5.97 Å². The highest BCUT2D eigenvalue weighted by molar-refractivity contribution is 7.89. The first-order valence-electron chi connectivity index (χ1n) is 10.0. The van der Waals surface area contributed by atoms with Crippen LogP contribution >= 0.6 is 0 Å². The van der Waals surface area contributed by atoms with Gasteiger partial charge in [0, 0.05) is 17.8 Å². The molecule has 0 spiro atoms. The second-order valence-electron chi connectivity index (χ2n) is 7.80. The highest BCUT2D eigenvalue weighted by atomic mass is 32.2. The predicted molar refractivity (Wildman–Crippen MR) is 114 cm³/mol. The predicted octanol–water partition coefficient (Wildman–Crippen LogP) is 2.72. The van der Waals surface area contributed by atoms with E-state index < -0.39 is 34.4 Å². The number of rotatable bonds is 7. The Morgan fingerprint density at radius 2 is 1.77 bits per heavy atom. The second-order valence-corrected chi connectivity index (χ2v) is 9.69. The Morgan fingerprint density at radius 3 is 2.35 bits per heavy atom. The van der Waals surface area contributed by atoms with Gasteiger partial charge in [0.25, 0.3) is 0 Å². The minimum atomic E-state index is -3.85. The summed E-state index contributed by atoms with van der Waals surface area (Å²) in [7, 11) is -3.85. The van der Waals surface area contributed by atoms with E-state index in [-0.39, 0.29) is 22.9 Å². The molecule has 2 heterocycles. The molecule has 1 N–H and O–H groups in total. The molecule has 0 radical (unpaired) electrons. The number of ether oxygens (including phenoxy) is 1. The van der Waals surface area contributed by atoms with Gasteiger partial charge in [-0.05, 0) is 58.2 Å². The molecule has 0 aliphatic carbocycles. The second kappa shape index (κ2) is 8.76. The summed E-state index contributed by atoms with van der Waals surface area (Å²) < 4.78 is 32.3. The molecule has 31 heavy (non-hydrogen) atoms. The average molecular weight is 447 g/mol. The molecular formula is C22H26N2O6S. The van der Waals surface area contributed by atoms with Crippen molar-refractivity contribution >= 4 is 27.6 Å². The van der Waals surface area contributed by atoms with E-state index in [4.69, 9.17) is 4.74 Å². The van der Waals surface area contributed by atoms with E-state index in [9.17, 15) is 22.8 Å². The molecule has 1 aromatic carbocycles. The number of aromatic amines is 1. The molecule has 1 atom stereocenters. The van der Waals surface area contributed by atoms with E-state index in [0.717, 1.165) is 9.87 Å². The Kier molecular flexibility index (Phi) is 6.47. The minimum Gasteiger partial charge on any atom is -0.456 e. The van der Waals surface area contributed by atoms with Crippen molar-refractivity contribution in [1.29, 1.82) is 0 Å². The molecule has 1 aromatic heterocycles. The summed E-state index contributed by atoms with van der Waals surface area (Å²) in [6.45, 7) is 6.30. The van der Waals surface area contributed by atoms with Gasteiger partial charge in [0.15, 0.2) is 12.4 Å². The van der Waals surface area contributed by atoms with E-state index in [1.54, 1.807) is 26.0 Å². The van der Waals surface area contributed by atoms with Crippen LogP contribution in [0.2, 0.25) is 0 Å². The number of carbonyl (C=O) groups is 3. The number of benzene rings is 1. The summed E-state index contributed by atoms with van der Waals surface area (Å²) in [6.07, 6.45) is 0.850. The van der Waals surface area contributed by atoms with Crippen LogP contribution in [-0.4, -0.2) is 54.4 Å². The number of nitrogens with zero attached hydrogens (tertiary/aromatic N) is 1. The summed E-state index contributed by atoms with van der Waals surface area (Å²) in [5.74, 6) is -1.40. The lowest BCUT2D eigenvalue weighted by Gasteiger charge is -2.22.